The predicted molar refractivity (Wildman–Crippen MR) is 92.6 cm³/mol. The Bertz CT molecular complexity index is 666. The van der Waals surface area contributed by atoms with Crippen LogP contribution < -0.4 is 5.32 Å². The first kappa shape index (κ1) is 15.9. The molecule has 0 saturated heterocycles. The van der Waals surface area contributed by atoms with Crippen LogP contribution in [-0.2, 0) is 9.53 Å². The second kappa shape index (κ2) is 8.10. The number of thiocarbonyl (C=S) groups is 1. The van der Waals surface area contributed by atoms with Gasteiger partial charge in [0, 0.05) is 10.6 Å². The van der Waals surface area contributed by atoms with Gasteiger partial charge in [-0.1, -0.05) is 72.9 Å². The summed E-state index contributed by atoms with van der Waals surface area (Å²) in [6.45, 7) is 0.0919. The van der Waals surface area contributed by atoms with Crippen molar-refractivity contribution in [3.8, 4) is 0 Å². The summed E-state index contributed by atoms with van der Waals surface area (Å²) in [5.41, 5.74) is 2.72. The van der Waals surface area contributed by atoms with Gasteiger partial charge >= 0.3 is 5.97 Å². The number of nitrogens with one attached hydrogen (secondary N) is 1. The number of esters is 1. The first-order valence-electron chi connectivity index (χ1n) is 6.88. The van der Waals surface area contributed by atoms with Crippen LogP contribution in [0, 0.1) is 0 Å². The van der Waals surface area contributed by atoms with Crippen LogP contribution in [0.5, 0.6) is 0 Å². The zero-order chi connectivity index (χ0) is 15.8. The fourth-order valence-electron chi connectivity index (χ4n) is 1.91. The maximum Gasteiger partial charge on any atom is 0.325 e. The maximum atomic E-state index is 11.4. The molecule has 0 spiro atoms. The third kappa shape index (κ3) is 4.53. The standard InChI is InChI=1S/C18H17NO2S/c1-21-18(20)13-19-16(14-8-4-2-5-9-14)12-17(22)15-10-6-3-7-11-15/h2-12,19H,13H2,1H3/b16-12-. The second-order valence-electron chi connectivity index (χ2n) is 4.58. The molecular formula is C18H17NO2S. The predicted octanol–water partition coefficient (Wildman–Crippen LogP) is 3.21. The van der Waals surface area contributed by atoms with Crippen molar-refractivity contribution in [1.29, 1.82) is 0 Å². The van der Waals surface area contributed by atoms with Crippen LogP contribution in [0.15, 0.2) is 66.7 Å². The van der Waals surface area contributed by atoms with Crippen molar-refractivity contribution in [3.05, 3.63) is 77.9 Å². The Kier molecular flexibility index (Phi) is 5.86. The van der Waals surface area contributed by atoms with Crippen molar-refractivity contribution in [2.45, 2.75) is 0 Å². The molecular weight excluding hydrogens is 294 g/mol. The van der Waals surface area contributed by atoms with Crippen molar-refractivity contribution in [2.24, 2.45) is 0 Å². The van der Waals surface area contributed by atoms with Gasteiger partial charge in [-0.3, -0.25) is 4.79 Å². The summed E-state index contributed by atoms with van der Waals surface area (Å²) in [6.07, 6.45) is 1.86. The van der Waals surface area contributed by atoms with Crippen molar-refractivity contribution >= 4 is 28.7 Å². The summed E-state index contributed by atoms with van der Waals surface area (Å²) in [4.78, 5) is 12.1. The SMILES string of the molecule is COC(=O)CN/C(=C\C(=S)c1ccccc1)c1ccccc1. The van der Waals surface area contributed by atoms with Gasteiger partial charge in [-0.05, 0) is 17.2 Å². The molecule has 2 rings (SSSR count). The lowest BCUT2D eigenvalue weighted by Gasteiger charge is -2.11. The van der Waals surface area contributed by atoms with Crippen LogP contribution >= 0.6 is 12.2 Å². The molecule has 22 heavy (non-hydrogen) atoms. The van der Waals surface area contributed by atoms with E-state index in [1.54, 1.807) is 0 Å². The summed E-state index contributed by atoms with van der Waals surface area (Å²) in [5, 5.41) is 3.09. The number of ether oxygens (including phenoxy) is 1. The molecule has 0 saturated carbocycles. The third-order valence-corrected chi connectivity index (χ3v) is 3.42. The number of carbonyl (C=O) groups is 1. The van der Waals surface area contributed by atoms with Crippen LogP contribution in [0.2, 0.25) is 0 Å². The minimum atomic E-state index is -0.326. The number of hydrogen-bond acceptors (Lipinski definition) is 4. The van der Waals surface area contributed by atoms with Gasteiger partial charge in [0.15, 0.2) is 0 Å². The molecule has 3 nitrogen and oxygen atoms in total. The van der Waals surface area contributed by atoms with Gasteiger partial charge in [0.05, 0.1) is 7.11 Å². The smallest absolute Gasteiger partial charge is 0.325 e. The molecule has 0 unspecified atom stereocenters. The Balaban J connectivity index is 2.25. The summed E-state index contributed by atoms with van der Waals surface area (Å²) < 4.78 is 4.66. The van der Waals surface area contributed by atoms with Crippen LogP contribution in [0.1, 0.15) is 11.1 Å². The molecule has 0 aromatic heterocycles. The normalized spacial score (nSPS) is 10.9. The molecule has 0 atom stereocenters. The van der Waals surface area contributed by atoms with Crippen molar-refractivity contribution in [3.63, 3.8) is 0 Å². The molecule has 0 aliphatic carbocycles. The highest BCUT2D eigenvalue weighted by Crippen LogP contribution is 2.13. The summed E-state index contributed by atoms with van der Waals surface area (Å²) >= 11 is 5.47. The topological polar surface area (TPSA) is 38.3 Å². The Morgan fingerprint density at radius 2 is 1.59 bits per heavy atom. The van der Waals surface area contributed by atoms with E-state index >= 15 is 0 Å². The molecule has 0 amide bonds. The van der Waals surface area contributed by atoms with Gasteiger partial charge < -0.3 is 10.1 Å². The molecule has 0 fully saturated rings. The molecule has 2 aromatic carbocycles. The van der Waals surface area contributed by atoms with Crippen LogP contribution in [0.25, 0.3) is 5.70 Å². The van der Waals surface area contributed by atoms with Gasteiger partial charge in [-0.2, -0.15) is 0 Å². The average Bonchev–Trinajstić information content (AvgIpc) is 2.59. The van der Waals surface area contributed by atoms with Gasteiger partial charge in [0.25, 0.3) is 0 Å². The summed E-state index contributed by atoms with van der Waals surface area (Å²) in [6, 6.07) is 19.5. The highest BCUT2D eigenvalue weighted by atomic mass is 32.1. The van der Waals surface area contributed by atoms with E-state index in [0.29, 0.717) is 4.86 Å². The molecule has 1 N–H and O–H groups in total. The summed E-state index contributed by atoms with van der Waals surface area (Å²) in [5.74, 6) is -0.326. The zero-order valence-corrected chi connectivity index (χ0v) is 13.1. The number of methoxy groups -OCH3 is 1. The fraction of sp³-hybridized carbons (Fsp3) is 0.111. The molecule has 0 aliphatic heterocycles. The number of hydrogen-bond donors (Lipinski definition) is 1. The van der Waals surface area contributed by atoms with Crippen molar-refractivity contribution in [1.82, 2.24) is 5.32 Å². The first-order chi connectivity index (χ1) is 10.7. The zero-order valence-electron chi connectivity index (χ0n) is 12.3. The van der Waals surface area contributed by atoms with E-state index in [9.17, 15) is 4.79 Å². The average molecular weight is 311 g/mol. The van der Waals surface area contributed by atoms with E-state index in [1.165, 1.54) is 7.11 Å². The molecule has 0 radical (unpaired) electrons. The van der Waals surface area contributed by atoms with Crippen LogP contribution in [0.3, 0.4) is 0 Å². The van der Waals surface area contributed by atoms with Crippen LogP contribution in [-0.4, -0.2) is 24.5 Å². The van der Waals surface area contributed by atoms with E-state index in [2.05, 4.69) is 10.1 Å². The van der Waals surface area contributed by atoms with E-state index in [1.807, 2.05) is 66.7 Å². The maximum absolute atomic E-state index is 11.4. The molecule has 0 bridgehead atoms. The second-order valence-corrected chi connectivity index (χ2v) is 5.02. The highest BCUT2D eigenvalue weighted by molar-refractivity contribution is 7.81. The first-order valence-corrected chi connectivity index (χ1v) is 7.28. The Morgan fingerprint density at radius 3 is 2.14 bits per heavy atom. The lowest BCUT2D eigenvalue weighted by Crippen LogP contribution is -2.23. The number of allylic oxidation sites excluding steroid dienone is 1. The van der Waals surface area contributed by atoms with Crippen molar-refractivity contribution < 1.29 is 9.53 Å². The quantitative estimate of drug-likeness (QED) is 0.385. The molecule has 4 heteroatoms. The monoisotopic (exact) mass is 311 g/mol. The minimum absolute atomic E-state index is 0.0919. The Morgan fingerprint density at radius 1 is 1.05 bits per heavy atom. The Labute approximate surface area is 135 Å². The third-order valence-electron chi connectivity index (χ3n) is 3.07. The number of benzene rings is 2. The number of carbonyl (C=O) groups excluding carboxylic acids is 1. The van der Waals surface area contributed by atoms with Gasteiger partial charge in [0.2, 0.25) is 0 Å². The van der Waals surface area contributed by atoms with Gasteiger partial charge in [-0.15, -0.1) is 0 Å². The van der Waals surface area contributed by atoms with E-state index in [-0.39, 0.29) is 12.5 Å². The molecule has 112 valence electrons. The van der Waals surface area contributed by atoms with E-state index in [0.717, 1.165) is 16.8 Å². The lowest BCUT2D eigenvalue weighted by molar-refractivity contribution is -0.139. The van der Waals surface area contributed by atoms with Crippen LogP contribution in [0.4, 0.5) is 0 Å². The summed E-state index contributed by atoms with van der Waals surface area (Å²) in [7, 11) is 1.37. The Hall–Kier alpha value is -2.46. The highest BCUT2D eigenvalue weighted by Gasteiger charge is 2.06. The molecule has 2 aromatic rings. The van der Waals surface area contributed by atoms with E-state index in [4.69, 9.17) is 12.2 Å². The van der Waals surface area contributed by atoms with Gasteiger partial charge in [0.1, 0.15) is 6.54 Å². The number of rotatable bonds is 6. The molecule has 0 aliphatic rings. The lowest BCUT2D eigenvalue weighted by atomic mass is 10.1. The molecule has 0 heterocycles. The minimum Gasteiger partial charge on any atom is -0.468 e. The van der Waals surface area contributed by atoms with Gasteiger partial charge in [-0.25, -0.2) is 0 Å². The van der Waals surface area contributed by atoms with E-state index < -0.39 is 0 Å². The van der Waals surface area contributed by atoms with Crippen molar-refractivity contribution in [2.75, 3.05) is 13.7 Å². The fourth-order valence-corrected chi connectivity index (χ4v) is 2.16. The largest absolute Gasteiger partial charge is 0.468 e.